The number of nitrogens with zero attached hydrogens (tertiary/aromatic N) is 6. The van der Waals surface area contributed by atoms with Crippen LogP contribution < -0.4 is 5.32 Å². The van der Waals surface area contributed by atoms with Gasteiger partial charge in [-0.25, -0.2) is 9.97 Å². The van der Waals surface area contributed by atoms with E-state index in [1.54, 1.807) is 29.5 Å². The highest BCUT2D eigenvalue weighted by atomic mass is 16.5. The Morgan fingerprint density at radius 1 is 1.23 bits per heavy atom. The molecule has 30 heavy (non-hydrogen) atoms. The molecule has 1 saturated heterocycles. The minimum Gasteiger partial charge on any atom is -0.372 e. The molecule has 1 aliphatic heterocycles. The molecule has 4 rings (SSSR count). The number of rotatable bonds is 5. The monoisotopic (exact) mass is 407 g/mol. The van der Waals surface area contributed by atoms with Crippen molar-refractivity contribution >= 4 is 17.4 Å². The molecule has 0 aromatic carbocycles. The Hall–Kier alpha value is -3.33. The molecule has 2 atom stereocenters. The number of carbonyl (C=O) groups excluding carboxylic acids is 1. The molecule has 9 nitrogen and oxygen atoms in total. The molecule has 3 aromatic heterocycles. The van der Waals surface area contributed by atoms with Crippen molar-refractivity contribution in [2.75, 3.05) is 18.4 Å². The van der Waals surface area contributed by atoms with Crippen LogP contribution in [0, 0.1) is 6.92 Å². The first kappa shape index (κ1) is 20.0. The van der Waals surface area contributed by atoms with Crippen molar-refractivity contribution in [1.82, 2.24) is 29.6 Å². The van der Waals surface area contributed by atoms with Gasteiger partial charge in [-0.15, -0.1) is 0 Å². The average Bonchev–Trinajstić information content (AvgIpc) is 3.14. The van der Waals surface area contributed by atoms with Gasteiger partial charge in [0, 0.05) is 49.0 Å². The summed E-state index contributed by atoms with van der Waals surface area (Å²) < 4.78 is 7.33. The van der Waals surface area contributed by atoms with E-state index in [2.05, 4.69) is 25.4 Å². The quantitative estimate of drug-likeness (QED) is 0.693. The Labute approximate surface area is 175 Å². The molecule has 4 heterocycles. The van der Waals surface area contributed by atoms with Gasteiger partial charge in [-0.1, -0.05) is 0 Å². The molecule has 0 saturated carbocycles. The number of carbonyl (C=O) groups is 1. The van der Waals surface area contributed by atoms with E-state index in [-0.39, 0.29) is 24.7 Å². The Kier molecular flexibility index (Phi) is 5.71. The Balaban J connectivity index is 1.44. The molecule has 9 heteroatoms. The third-order valence-electron chi connectivity index (χ3n) is 4.75. The second kappa shape index (κ2) is 8.58. The summed E-state index contributed by atoms with van der Waals surface area (Å²) >= 11 is 0. The molecule has 1 aliphatic rings. The third-order valence-corrected chi connectivity index (χ3v) is 4.75. The lowest BCUT2D eigenvalue weighted by Crippen LogP contribution is -2.49. The van der Waals surface area contributed by atoms with Crippen LogP contribution in [0.3, 0.4) is 0 Å². The van der Waals surface area contributed by atoms with Crippen molar-refractivity contribution in [2.45, 2.75) is 39.5 Å². The number of nitrogens with one attached hydrogen (secondary N) is 1. The molecule has 3 aromatic rings. The molecular formula is C21H25N7O2. The molecule has 0 aliphatic carbocycles. The van der Waals surface area contributed by atoms with Gasteiger partial charge < -0.3 is 15.0 Å². The first-order valence-corrected chi connectivity index (χ1v) is 9.95. The highest BCUT2D eigenvalue weighted by molar-refractivity contribution is 5.76. The molecule has 1 fully saturated rings. The molecule has 1 amide bonds. The summed E-state index contributed by atoms with van der Waals surface area (Å²) in [5.74, 6) is 1.29. The van der Waals surface area contributed by atoms with E-state index in [1.165, 1.54) is 0 Å². The second-order valence-electron chi connectivity index (χ2n) is 7.57. The van der Waals surface area contributed by atoms with Crippen LogP contribution in [0.15, 0.2) is 43.0 Å². The number of pyridine rings is 1. The van der Waals surface area contributed by atoms with Crippen molar-refractivity contribution in [2.24, 2.45) is 0 Å². The van der Waals surface area contributed by atoms with E-state index in [0.29, 0.717) is 24.7 Å². The summed E-state index contributed by atoms with van der Waals surface area (Å²) in [5, 5.41) is 7.55. The maximum Gasteiger partial charge on any atom is 0.244 e. The first-order valence-electron chi connectivity index (χ1n) is 9.95. The van der Waals surface area contributed by atoms with Crippen molar-refractivity contribution in [3.05, 3.63) is 48.7 Å². The zero-order chi connectivity index (χ0) is 21.1. The van der Waals surface area contributed by atoms with E-state index in [9.17, 15) is 4.79 Å². The van der Waals surface area contributed by atoms with Crippen LogP contribution in [0.5, 0.6) is 0 Å². The van der Waals surface area contributed by atoms with Gasteiger partial charge in [-0.2, -0.15) is 5.10 Å². The van der Waals surface area contributed by atoms with Gasteiger partial charge in [0.05, 0.1) is 24.1 Å². The van der Waals surface area contributed by atoms with E-state index in [1.807, 2.05) is 43.9 Å². The number of hydrogen-bond donors (Lipinski definition) is 1. The minimum atomic E-state index is 0.0309. The first-order chi connectivity index (χ1) is 14.5. The fourth-order valence-corrected chi connectivity index (χ4v) is 3.54. The largest absolute Gasteiger partial charge is 0.372 e. The van der Waals surface area contributed by atoms with Gasteiger partial charge in [0.25, 0.3) is 0 Å². The average molecular weight is 407 g/mol. The summed E-state index contributed by atoms with van der Waals surface area (Å²) in [7, 11) is 0. The Bertz CT molecular complexity index is 1010. The topological polar surface area (TPSA) is 98.1 Å². The fourth-order valence-electron chi connectivity index (χ4n) is 3.54. The zero-order valence-corrected chi connectivity index (χ0v) is 17.3. The summed E-state index contributed by atoms with van der Waals surface area (Å²) in [6.07, 6.45) is 7.01. The lowest BCUT2D eigenvalue weighted by atomic mass is 10.2. The number of aromatic nitrogens is 5. The van der Waals surface area contributed by atoms with Crippen LogP contribution in [0.4, 0.5) is 11.5 Å². The zero-order valence-electron chi connectivity index (χ0n) is 17.3. The number of hydrogen-bond acceptors (Lipinski definition) is 7. The normalized spacial score (nSPS) is 19.0. The number of aryl methyl sites for hydroxylation is 1. The standard InChI is InChI=1S/C21H25N7O2/c1-14-7-19(26-21(24-14)17-5-4-6-22-8-17)25-18-9-23-28(12-18)13-20(29)27-10-15(2)30-16(3)11-27/h4-9,12,15-16H,10-11,13H2,1-3H3,(H,24,25,26). The maximum absolute atomic E-state index is 12.6. The lowest BCUT2D eigenvalue weighted by molar-refractivity contribution is -0.144. The van der Waals surface area contributed by atoms with Gasteiger partial charge in [0.1, 0.15) is 12.4 Å². The van der Waals surface area contributed by atoms with Crippen molar-refractivity contribution in [3.63, 3.8) is 0 Å². The SMILES string of the molecule is Cc1cc(Nc2cnn(CC(=O)N3CC(C)OC(C)C3)c2)nc(-c2cccnc2)n1. The van der Waals surface area contributed by atoms with Crippen LogP contribution in [0.25, 0.3) is 11.4 Å². The maximum atomic E-state index is 12.6. The summed E-state index contributed by atoms with van der Waals surface area (Å²) in [6, 6.07) is 5.63. The highest BCUT2D eigenvalue weighted by Crippen LogP contribution is 2.20. The third kappa shape index (κ3) is 4.80. The number of amides is 1. The van der Waals surface area contributed by atoms with Gasteiger partial charge in [0.15, 0.2) is 5.82 Å². The van der Waals surface area contributed by atoms with Crippen molar-refractivity contribution < 1.29 is 9.53 Å². The molecule has 0 spiro atoms. The van der Waals surface area contributed by atoms with Crippen LogP contribution in [-0.2, 0) is 16.1 Å². The Morgan fingerprint density at radius 3 is 2.77 bits per heavy atom. The smallest absolute Gasteiger partial charge is 0.244 e. The summed E-state index contributed by atoms with van der Waals surface area (Å²) in [5.41, 5.74) is 2.44. The van der Waals surface area contributed by atoms with Crippen LogP contribution in [0.2, 0.25) is 0 Å². The predicted octanol–water partition coefficient (Wildman–Crippen LogP) is 2.42. The number of ether oxygens (including phenoxy) is 1. The lowest BCUT2D eigenvalue weighted by Gasteiger charge is -2.35. The van der Waals surface area contributed by atoms with E-state index in [4.69, 9.17) is 4.74 Å². The summed E-state index contributed by atoms with van der Waals surface area (Å²) in [6.45, 7) is 7.27. The molecule has 0 radical (unpaired) electrons. The molecule has 156 valence electrons. The summed E-state index contributed by atoms with van der Waals surface area (Å²) in [4.78, 5) is 27.6. The van der Waals surface area contributed by atoms with Gasteiger partial charge >= 0.3 is 0 Å². The van der Waals surface area contributed by atoms with Gasteiger partial charge in [0.2, 0.25) is 5.91 Å². The Morgan fingerprint density at radius 2 is 2.03 bits per heavy atom. The van der Waals surface area contributed by atoms with E-state index in [0.717, 1.165) is 16.9 Å². The van der Waals surface area contributed by atoms with E-state index >= 15 is 0 Å². The molecule has 2 unspecified atom stereocenters. The van der Waals surface area contributed by atoms with Gasteiger partial charge in [-0.3, -0.25) is 14.5 Å². The predicted molar refractivity (Wildman–Crippen MR) is 112 cm³/mol. The highest BCUT2D eigenvalue weighted by Gasteiger charge is 2.26. The van der Waals surface area contributed by atoms with E-state index < -0.39 is 0 Å². The second-order valence-corrected chi connectivity index (χ2v) is 7.57. The van der Waals surface area contributed by atoms with Crippen LogP contribution in [-0.4, -0.2) is 60.8 Å². The van der Waals surface area contributed by atoms with Gasteiger partial charge in [-0.05, 0) is 32.9 Å². The van der Waals surface area contributed by atoms with Crippen molar-refractivity contribution in [3.8, 4) is 11.4 Å². The number of anilines is 2. The minimum absolute atomic E-state index is 0.0309. The molecule has 0 bridgehead atoms. The van der Waals surface area contributed by atoms with Crippen molar-refractivity contribution in [1.29, 1.82) is 0 Å². The fraction of sp³-hybridized carbons (Fsp3) is 0.381. The molecule has 1 N–H and O–H groups in total. The molecular weight excluding hydrogens is 382 g/mol. The van der Waals surface area contributed by atoms with Crippen LogP contribution >= 0.6 is 0 Å². The number of morpholine rings is 1. The van der Waals surface area contributed by atoms with Crippen LogP contribution in [0.1, 0.15) is 19.5 Å².